The third-order valence-electron chi connectivity index (χ3n) is 9.93. The molecule has 2 unspecified atom stereocenters. The van der Waals surface area contributed by atoms with Crippen LogP contribution in [0.3, 0.4) is 0 Å². The number of aliphatic hydroxyl groups excluding tert-OH is 2. The Balaban J connectivity index is 0.00000110. The Hall–Kier alpha value is -2.86. The van der Waals surface area contributed by atoms with Crippen LogP contribution in [-0.4, -0.2) is 101 Å². The van der Waals surface area contributed by atoms with Crippen LogP contribution >= 0.6 is 23.5 Å². The number of carbonyl (C=O) groups excluding carboxylic acids is 1. The van der Waals surface area contributed by atoms with E-state index in [1.165, 1.54) is 146 Å². The predicted molar refractivity (Wildman–Crippen MR) is 255 cm³/mol. The highest BCUT2D eigenvalue weighted by Crippen LogP contribution is 2.21. The first-order chi connectivity index (χ1) is 31.1. The summed E-state index contributed by atoms with van der Waals surface area (Å²) in [6, 6.07) is 12.8. The molecule has 2 rings (SSSR count). The van der Waals surface area contributed by atoms with E-state index in [2.05, 4.69) is 24.9 Å². The highest BCUT2D eigenvalue weighted by Gasteiger charge is 2.38. The number of aliphatic hydroxyl groups is 2. The number of carboxylic acids is 1. The summed E-state index contributed by atoms with van der Waals surface area (Å²) in [6.07, 6.45) is 12.9. The van der Waals surface area contributed by atoms with Crippen molar-refractivity contribution in [2.45, 2.75) is 167 Å². The minimum absolute atomic E-state index is 0.210. The van der Waals surface area contributed by atoms with Crippen LogP contribution in [-0.2, 0) is 0 Å². The normalized spacial score (nSPS) is 12.3. The molecule has 0 aliphatic carbocycles. The van der Waals surface area contributed by atoms with Crippen LogP contribution in [0.25, 0.3) is 0 Å². The summed E-state index contributed by atoms with van der Waals surface area (Å²) in [6.45, 7) is 4.09. The summed E-state index contributed by atoms with van der Waals surface area (Å²) in [5, 5.41) is 27.8. The molecular formula is C48H78F6N2O7S2. The Morgan fingerprint density at radius 1 is 0.554 bits per heavy atom. The Kier molecular flexibility index (Phi) is 38.5. The number of halogens is 6. The van der Waals surface area contributed by atoms with Gasteiger partial charge in [-0.2, -0.15) is 49.9 Å². The lowest BCUT2D eigenvalue weighted by atomic mass is 10.1. The number of hydrogen-bond acceptors (Lipinski definition) is 9. The Morgan fingerprint density at radius 3 is 1.20 bits per heavy atom. The van der Waals surface area contributed by atoms with Gasteiger partial charge in [-0.05, 0) is 72.9 Å². The number of carboxylic acid groups (broad SMARTS) is 1. The van der Waals surface area contributed by atoms with Crippen molar-refractivity contribution in [1.82, 2.24) is 5.32 Å². The second-order valence-corrected chi connectivity index (χ2v) is 18.1. The first kappa shape index (κ1) is 62.1. The molecule has 0 radical (unpaired) electrons. The molecule has 0 spiro atoms. The average Bonchev–Trinajstić information content (AvgIpc) is 3.28. The van der Waals surface area contributed by atoms with E-state index in [-0.39, 0.29) is 5.56 Å². The monoisotopic (exact) mass is 973 g/mol. The molecule has 65 heavy (non-hydrogen) atoms. The minimum atomic E-state index is -4.75. The molecule has 0 heterocycles. The molecule has 0 aliphatic rings. The van der Waals surface area contributed by atoms with Gasteiger partial charge in [0.1, 0.15) is 11.5 Å². The van der Waals surface area contributed by atoms with Crippen LogP contribution in [0.15, 0.2) is 48.5 Å². The number of hydrogen-bond donors (Lipinski definition) is 5. The molecule has 2 aromatic carbocycles. The van der Waals surface area contributed by atoms with Gasteiger partial charge in [0.2, 0.25) is 0 Å². The van der Waals surface area contributed by atoms with Crippen LogP contribution in [0.1, 0.15) is 163 Å². The van der Waals surface area contributed by atoms with Crippen LogP contribution in [0.2, 0.25) is 0 Å². The first-order valence-corrected chi connectivity index (χ1v) is 25.7. The van der Waals surface area contributed by atoms with Gasteiger partial charge in [0.05, 0.1) is 25.3 Å². The maximum absolute atomic E-state index is 12.3. The number of alkyl halides is 6. The summed E-state index contributed by atoms with van der Waals surface area (Å²) in [5.74, 6) is 3.97. The van der Waals surface area contributed by atoms with Gasteiger partial charge in [0, 0.05) is 23.6 Å². The second kappa shape index (κ2) is 40.2. The number of carbonyl (C=O) groups is 2. The Bertz CT molecular complexity index is 1420. The molecule has 1 amide bonds. The second-order valence-electron chi connectivity index (χ2n) is 15.7. The van der Waals surface area contributed by atoms with Crippen molar-refractivity contribution in [2.75, 3.05) is 49.3 Å². The van der Waals surface area contributed by atoms with E-state index in [1.54, 1.807) is 36.4 Å². The highest BCUT2D eigenvalue weighted by atomic mass is 32.2. The predicted octanol–water partition coefficient (Wildman–Crippen LogP) is 12.7. The summed E-state index contributed by atoms with van der Waals surface area (Å²) in [7, 11) is 0. The van der Waals surface area contributed by atoms with Crippen molar-refractivity contribution in [2.24, 2.45) is 5.73 Å². The number of amides is 1. The SMILES string of the molecule is CCCCCCCCCCCCSCCOc1ccc(C(=O)NCC(O)C(F)(F)F)cc1.CCCCCCCCCCCCSCCOc1ccc(C(=O)O)cc1.NCC(O)C(F)(F)F. The molecule has 0 bridgehead atoms. The molecule has 0 saturated carbocycles. The summed E-state index contributed by atoms with van der Waals surface area (Å²) < 4.78 is 81.4. The van der Waals surface area contributed by atoms with Crippen molar-refractivity contribution >= 4 is 35.4 Å². The maximum atomic E-state index is 12.3. The van der Waals surface area contributed by atoms with Crippen molar-refractivity contribution in [3.8, 4) is 11.5 Å². The minimum Gasteiger partial charge on any atom is -0.493 e. The van der Waals surface area contributed by atoms with Gasteiger partial charge in [-0.25, -0.2) is 4.79 Å². The lowest BCUT2D eigenvalue weighted by Crippen LogP contribution is -2.40. The number of thioether (sulfide) groups is 2. The Morgan fingerprint density at radius 2 is 0.892 bits per heavy atom. The number of nitrogens with two attached hydrogens (primary N) is 1. The first-order valence-electron chi connectivity index (χ1n) is 23.4. The molecular weight excluding hydrogens is 895 g/mol. The summed E-state index contributed by atoms with van der Waals surface area (Å²) in [5.41, 5.74) is 4.99. The van der Waals surface area contributed by atoms with E-state index in [0.29, 0.717) is 24.5 Å². The van der Waals surface area contributed by atoms with E-state index in [4.69, 9.17) is 24.8 Å². The molecule has 2 atom stereocenters. The Labute approximate surface area is 393 Å². The van der Waals surface area contributed by atoms with Gasteiger partial charge in [-0.1, -0.05) is 129 Å². The zero-order chi connectivity index (χ0) is 48.6. The molecule has 2 aromatic rings. The summed E-state index contributed by atoms with van der Waals surface area (Å²) >= 11 is 3.80. The van der Waals surface area contributed by atoms with E-state index in [1.807, 2.05) is 23.5 Å². The number of ether oxygens (including phenoxy) is 2. The fraction of sp³-hybridized carbons (Fsp3) is 0.708. The molecule has 6 N–H and O–H groups in total. The maximum Gasteiger partial charge on any atom is 0.416 e. The zero-order valence-corrected chi connectivity index (χ0v) is 40.3. The molecule has 0 saturated heterocycles. The van der Waals surface area contributed by atoms with Gasteiger partial charge in [-0.3, -0.25) is 4.79 Å². The molecule has 0 aliphatic heterocycles. The molecule has 376 valence electrons. The zero-order valence-electron chi connectivity index (χ0n) is 38.7. The van der Waals surface area contributed by atoms with E-state index in [0.717, 1.165) is 23.0 Å². The van der Waals surface area contributed by atoms with Gasteiger partial charge in [0.25, 0.3) is 5.91 Å². The lowest BCUT2D eigenvalue weighted by molar-refractivity contribution is -0.201. The van der Waals surface area contributed by atoms with Crippen LogP contribution in [0, 0.1) is 0 Å². The fourth-order valence-electron chi connectivity index (χ4n) is 5.96. The largest absolute Gasteiger partial charge is 0.493 e. The van der Waals surface area contributed by atoms with Crippen LogP contribution in [0.4, 0.5) is 26.3 Å². The lowest BCUT2D eigenvalue weighted by Gasteiger charge is -2.15. The van der Waals surface area contributed by atoms with Crippen LogP contribution < -0.4 is 20.5 Å². The third-order valence-corrected chi connectivity index (χ3v) is 12.0. The highest BCUT2D eigenvalue weighted by molar-refractivity contribution is 7.99. The fourth-order valence-corrected chi connectivity index (χ4v) is 7.59. The average molecular weight is 973 g/mol. The van der Waals surface area contributed by atoms with Crippen molar-refractivity contribution < 1.29 is 60.7 Å². The number of nitrogens with one attached hydrogen (secondary N) is 1. The van der Waals surface area contributed by atoms with Gasteiger partial charge < -0.3 is 35.8 Å². The van der Waals surface area contributed by atoms with Gasteiger partial charge in [0.15, 0.2) is 12.2 Å². The van der Waals surface area contributed by atoms with Crippen LogP contribution in [0.5, 0.6) is 11.5 Å². The van der Waals surface area contributed by atoms with Crippen molar-refractivity contribution in [3.05, 3.63) is 59.7 Å². The third kappa shape index (κ3) is 36.9. The molecule has 9 nitrogen and oxygen atoms in total. The van der Waals surface area contributed by atoms with Gasteiger partial charge in [-0.15, -0.1) is 0 Å². The number of aromatic carboxylic acids is 1. The van der Waals surface area contributed by atoms with Crippen molar-refractivity contribution in [3.63, 3.8) is 0 Å². The quantitative estimate of drug-likeness (QED) is 0.0333. The number of unbranched alkanes of at least 4 members (excludes halogenated alkanes) is 18. The smallest absolute Gasteiger partial charge is 0.416 e. The van der Waals surface area contributed by atoms with E-state index in [9.17, 15) is 35.9 Å². The van der Waals surface area contributed by atoms with Crippen molar-refractivity contribution in [1.29, 1.82) is 0 Å². The molecule has 0 fully saturated rings. The topological polar surface area (TPSA) is 151 Å². The number of benzene rings is 2. The summed E-state index contributed by atoms with van der Waals surface area (Å²) in [4.78, 5) is 22.6. The standard InChI is InChI=1S/C24H38F3NO3S.C21H34O3S.C3H6F3NO/c1-2-3-4-5-6-7-8-9-10-11-17-32-18-16-31-21-14-12-20(13-15-21)23(30)28-19-22(29)24(25,26)27;1-2-3-4-5-6-7-8-9-10-11-17-25-18-16-24-20-14-12-19(13-15-20)21(22)23;4-3(5,6)2(8)1-7/h12-15,22,29H,2-11,16-19H2,1H3,(H,28,30);12-15H,2-11,16-18H2,1H3,(H,22,23);2,8H,1,7H2. The molecule has 17 heteroatoms. The van der Waals surface area contributed by atoms with Gasteiger partial charge >= 0.3 is 18.3 Å². The molecule has 0 aromatic heterocycles. The number of rotatable bonds is 35. The van der Waals surface area contributed by atoms with E-state index < -0.39 is 49.5 Å². The van der Waals surface area contributed by atoms with E-state index >= 15 is 0 Å².